The second kappa shape index (κ2) is 9.58. The molecule has 0 spiro atoms. The maximum Gasteiger partial charge on any atom is 0.223 e. The van der Waals surface area contributed by atoms with Gasteiger partial charge in [-0.1, -0.05) is 20.8 Å². The van der Waals surface area contributed by atoms with Gasteiger partial charge in [0.25, 0.3) is 0 Å². The first-order valence-electron chi connectivity index (χ1n) is 11.3. The van der Waals surface area contributed by atoms with E-state index in [0.717, 1.165) is 34.6 Å². The summed E-state index contributed by atoms with van der Waals surface area (Å²) >= 11 is 0. The van der Waals surface area contributed by atoms with Gasteiger partial charge in [0.1, 0.15) is 11.5 Å². The van der Waals surface area contributed by atoms with Crippen molar-refractivity contribution < 1.29 is 9.53 Å². The molecule has 4 N–H and O–H groups in total. The molecular weight excluding hydrogens is 414 g/mol. The van der Waals surface area contributed by atoms with E-state index in [1.807, 2.05) is 47.4 Å². The van der Waals surface area contributed by atoms with E-state index < -0.39 is 0 Å². The van der Waals surface area contributed by atoms with Gasteiger partial charge in [-0.15, -0.1) is 0 Å². The Morgan fingerprint density at radius 2 is 1.85 bits per heavy atom. The van der Waals surface area contributed by atoms with Gasteiger partial charge in [0, 0.05) is 48.9 Å². The van der Waals surface area contributed by atoms with Crippen LogP contribution in [0.15, 0.2) is 48.5 Å². The lowest BCUT2D eigenvalue weighted by atomic mass is 10.1. The molecule has 2 heterocycles. The highest BCUT2D eigenvalue weighted by molar-refractivity contribution is 5.78. The van der Waals surface area contributed by atoms with Gasteiger partial charge >= 0.3 is 0 Å². The number of nitrogen functional groups attached to an aromatic ring is 1. The van der Waals surface area contributed by atoms with Gasteiger partial charge in [-0.25, -0.2) is 0 Å². The zero-order valence-electron chi connectivity index (χ0n) is 19.4. The molecule has 4 rings (SSSR count). The number of carbonyl (C=O) groups excluding carboxylic acids is 1. The first kappa shape index (κ1) is 22.7. The molecule has 1 saturated heterocycles. The van der Waals surface area contributed by atoms with Crippen LogP contribution in [-0.4, -0.2) is 27.5 Å². The van der Waals surface area contributed by atoms with Gasteiger partial charge in [0.15, 0.2) is 0 Å². The van der Waals surface area contributed by atoms with Crippen LogP contribution < -0.4 is 16.2 Å². The molecule has 0 bridgehead atoms. The molecule has 0 aliphatic carbocycles. The van der Waals surface area contributed by atoms with Gasteiger partial charge < -0.3 is 21.1 Å². The SMILES string of the molecule is CC1CC(=O)N(Cc2cc(CN)c(N)cc2Oc2ccc(-c3ccc(C(C)C)nn3)cc2)C1. The number of nitrogens with zero attached hydrogens (tertiary/aromatic N) is 3. The predicted molar refractivity (Wildman–Crippen MR) is 130 cm³/mol. The highest BCUT2D eigenvalue weighted by atomic mass is 16.5. The monoisotopic (exact) mass is 445 g/mol. The van der Waals surface area contributed by atoms with E-state index in [0.29, 0.717) is 48.5 Å². The minimum atomic E-state index is 0.161. The molecule has 1 aliphatic rings. The number of benzene rings is 2. The van der Waals surface area contributed by atoms with Crippen LogP contribution >= 0.6 is 0 Å². The number of hydrogen-bond acceptors (Lipinski definition) is 6. The lowest BCUT2D eigenvalue weighted by Gasteiger charge is -2.20. The van der Waals surface area contributed by atoms with E-state index in [9.17, 15) is 4.79 Å². The van der Waals surface area contributed by atoms with Gasteiger partial charge in [-0.05, 0) is 59.9 Å². The maximum absolute atomic E-state index is 12.3. The summed E-state index contributed by atoms with van der Waals surface area (Å²) in [5.41, 5.74) is 17.1. The van der Waals surface area contributed by atoms with Crippen LogP contribution in [0.1, 0.15) is 49.9 Å². The molecule has 1 amide bonds. The van der Waals surface area contributed by atoms with E-state index in [1.54, 1.807) is 6.07 Å². The zero-order valence-corrected chi connectivity index (χ0v) is 19.4. The summed E-state index contributed by atoms with van der Waals surface area (Å²) in [6, 6.07) is 15.4. The van der Waals surface area contributed by atoms with Crippen LogP contribution in [0.2, 0.25) is 0 Å². The topological polar surface area (TPSA) is 107 Å². The molecule has 1 fully saturated rings. The smallest absolute Gasteiger partial charge is 0.223 e. The molecule has 33 heavy (non-hydrogen) atoms. The Balaban J connectivity index is 1.56. The highest BCUT2D eigenvalue weighted by Gasteiger charge is 2.27. The molecule has 1 aromatic heterocycles. The van der Waals surface area contributed by atoms with Crippen molar-refractivity contribution in [1.82, 2.24) is 15.1 Å². The highest BCUT2D eigenvalue weighted by Crippen LogP contribution is 2.33. The number of nitrogens with two attached hydrogens (primary N) is 2. The van der Waals surface area contributed by atoms with Crippen molar-refractivity contribution in [2.75, 3.05) is 12.3 Å². The normalized spacial score (nSPS) is 16.0. The Kier molecular flexibility index (Phi) is 6.60. The Bertz CT molecular complexity index is 1130. The summed E-state index contributed by atoms with van der Waals surface area (Å²) in [5.74, 6) is 2.16. The fourth-order valence-electron chi connectivity index (χ4n) is 4.04. The second-order valence-corrected chi connectivity index (χ2v) is 9.07. The van der Waals surface area contributed by atoms with Gasteiger partial charge in [0.2, 0.25) is 5.91 Å². The summed E-state index contributed by atoms with van der Waals surface area (Å²) in [4.78, 5) is 14.2. The number of rotatable bonds is 7. The third-order valence-corrected chi connectivity index (χ3v) is 5.97. The molecule has 7 nitrogen and oxygen atoms in total. The third kappa shape index (κ3) is 5.14. The Labute approximate surface area is 194 Å². The Morgan fingerprint density at radius 1 is 1.09 bits per heavy atom. The zero-order chi connectivity index (χ0) is 23.5. The average Bonchev–Trinajstić information content (AvgIpc) is 3.12. The Morgan fingerprint density at radius 3 is 2.42 bits per heavy atom. The van der Waals surface area contributed by atoms with E-state index in [4.69, 9.17) is 16.2 Å². The van der Waals surface area contributed by atoms with Crippen molar-refractivity contribution in [2.24, 2.45) is 11.7 Å². The quantitative estimate of drug-likeness (QED) is 0.520. The van der Waals surface area contributed by atoms with E-state index in [-0.39, 0.29) is 5.91 Å². The Hall–Kier alpha value is -3.45. The van der Waals surface area contributed by atoms with Crippen molar-refractivity contribution in [1.29, 1.82) is 0 Å². The van der Waals surface area contributed by atoms with Crippen LogP contribution in [0.3, 0.4) is 0 Å². The molecule has 2 aromatic carbocycles. The number of hydrogen-bond donors (Lipinski definition) is 2. The van der Waals surface area contributed by atoms with Gasteiger partial charge in [-0.2, -0.15) is 10.2 Å². The summed E-state index contributed by atoms with van der Waals surface area (Å²) in [6.07, 6.45) is 0.581. The third-order valence-electron chi connectivity index (χ3n) is 5.97. The van der Waals surface area contributed by atoms with Crippen molar-refractivity contribution >= 4 is 11.6 Å². The standard InChI is InChI=1S/C26H31N5O2/c1-16(2)23-8-9-24(30-29-23)18-4-6-21(7-5-18)33-25-12-22(28)19(13-27)11-20(25)15-31-14-17(3)10-26(31)32/h4-9,11-12,16-17H,10,13-15,27-28H2,1-3H3. The van der Waals surface area contributed by atoms with Crippen molar-refractivity contribution in [3.63, 3.8) is 0 Å². The number of likely N-dealkylation sites (tertiary alicyclic amines) is 1. The first-order chi connectivity index (χ1) is 15.8. The predicted octanol–water partition coefficient (Wildman–Crippen LogP) is 4.47. The molecule has 1 atom stereocenters. The van der Waals surface area contributed by atoms with Gasteiger partial charge in [-0.3, -0.25) is 4.79 Å². The molecule has 1 unspecified atom stereocenters. The molecule has 7 heteroatoms. The number of carbonyl (C=O) groups is 1. The van der Waals surface area contributed by atoms with Crippen LogP contribution in [0, 0.1) is 5.92 Å². The van der Waals surface area contributed by atoms with Crippen molar-refractivity contribution in [3.8, 4) is 22.8 Å². The van der Waals surface area contributed by atoms with E-state index >= 15 is 0 Å². The lowest BCUT2D eigenvalue weighted by Crippen LogP contribution is -2.24. The molecule has 172 valence electrons. The van der Waals surface area contributed by atoms with E-state index in [2.05, 4.69) is 31.0 Å². The van der Waals surface area contributed by atoms with E-state index in [1.165, 1.54) is 0 Å². The molecule has 0 radical (unpaired) electrons. The number of ether oxygens (including phenoxy) is 1. The summed E-state index contributed by atoms with van der Waals surface area (Å²) in [6.45, 7) is 7.82. The number of anilines is 1. The van der Waals surface area contributed by atoms with Gasteiger partial charge in [0.05, 0.1) is 11.4 Å². The van der Waals surface area contributed by atoms with Crippen LogP contribution in [-0.2, 0) is 17.9 Å². The maximum atomic E-state index is 12.3. The minimum Gasteiger partial charge on any atom is -0.457 e. The molecule has 1 aliphatic heterocycles. The largest absolute Gasteiger partial charge is 0.457 e. The second-order valence-electron chi connectivity index (χ2n) is 9.07. The fraction of sp³-hybridized carbons (Fsp3) is 0.346. The lowest BCUT2D eigenvalue weighted by molar-refractivity contribution is -0.128. The van der Waals surface area contributed by atoms with Crippen LogP contribution in [0.5, 0.6) is 11.5 Å². The molecule has 0 saturated carbocycles. The summed E-state index contributed by atoms with van der Waals surface area (Å²) in [5, 5.41) is 8.65. The van der Waals surface area contributed by atoms with Crippen molar-refractivity contribution in [2.45, 2.75) is 46.2 Å². The minimum absolute atomic E-state index is 0.161. The fourth-order valence-corrected chi connectivity index (χ4v) is 4.04. The molecule has 3 aromatic rings. The number of amides is 1. The number of aromatic nitrogens is 2. The first-order valence-corrected chi connectivity index (χ1v) is 11.3. The van der Waals surface area contributed by atoms with Crippen LogP contribution in [0.4, 0.5) is 5.69 Å². The summed E-state index contributed by atoms with van der Waals surface area (Å²) < 4.78 is 6.21. The average molecular weight is 446 g/mol. The summed E-state index contributed by atoms with van der Waals surface area (Å²) in [7, 11) is 0. The molecular formula is C26H31N5O2. The van der Waals surface area contributed by atoms with Crippen molar-refractivity contribution in [3.05, 3.63) is 65.4 Å². The van der Waals surface area contributed by atoms with Crippen LogP contribution in [0.25, 0.3) is 11.3 Å².